The number of ether oxygens (including phenoxy) is 2. The fourth-order valence-corrected chi connectivity index (χ4v) is 4.02. The fraction of sp³-hybridized carbons (Fsp3) is 0.577. The van der Waals surface area contributed by atoms with Crippen LogP contribution >= 0.6 is 0 Å². The molecule has 1 fully saturated rings. The van der Waals surface area contributed by atoms with Crippen molar-refractivity contribution in [3.8, 4) is 5.75 Å². The van der Waals surface area contributed by atoms with E-state index in [1.54, 1.807) is 19.9 Å². The highest BCUT2D eigenvalue weighted by molar-refractivity contribution is 5.69. The molecule has 0 radical (unpaired) electrons. The van der Waals surface area contributed by atoms with E-state index in [4.69, 9.17) is 9.47 Å². The van der Waals surface area contributed by atoms with Crippen molar-refractivity contribution in [2.75, 3.05) is 6.61 Å². The average molecular weight is 501 g/mol. The summed E-state index contributed by atoms with van der Waals surface area (Å²) in [5.41, 5.74) is -0.838. The van der Waals surface area contributed by atoms with E-state index >= 15 is 0 Å². The fourth-order valence-electron chi connectivity index (χ4n) is 4.02. The Kier molecular flexibility index (Phi) is 11.3. The first-order valence-corrected chi connectivity index (χ1v) is 11.8. The van der Waals surface area contributed by atoms with Gasteiger partial charge in [-0.15, -0.1) is 0 Å². The van der Waals surface area contributed by atoms with Gasteiger partial charge in [0, 0.05) is 18.8 Å². The molecule has 196 valence electrons. The summed E-state index contributed by atoms with van der Waals surface area (Å²) in [6.07, 6.45) is 2.09. The van der Waals surface area contributed by atoms with Crippen LogP contribution in [0, 0.1) is 11.8 Å². The molecule has 0 saturated heterocycles. The van der Waals surface area contributed by atoms with Crippen LogP contribution in [0.4, 0.5) is 13.2 Å². The van der Waals surface area contributed by atoms with Gasteiger partial charge in [0.2, 0.25) is 0 Å². The predicted molar refractivity (Wildman–Crippen MR) is 125 cm³/mol. The normalized spacial score (nSPS) is 23.9. The molecule has 0 amide bonds. The third kappa shape index (κ3) is 10.0. The number of hydrogen-bond donors (Lipinski definition) is 3. The quantitative estimate of drug-likeness (QED) is 0.223. The van der Waals surface area contributed by atoms with Crippen molar-refractivity contribution in [2.45, 2.75) is 76.5 Å². The third-order valence-corrected chi connectivity index (χ3v) is 5.75. The lowest BCUT2D eigenvalue weighted by Gasteiger charge is -2.19. The summed E-state index contributed by atoms with van der Waals surface area (Å²) in [5.74, 6) is -0.883. The molecule has 5 atom stereocenters. The van der Waals surface area contributed by atoms with Crippen LogP contribution in [-0.4, -0.2) is 52.3 Å². The summed E-state index contributed by atoms with van der Waals surface area (Å²) in [6, 6.07) is 4.40. The molecule has 9 heteroatoms. The zero-order chi connectivity index (χ0) is 26.0. The van der Waals surface area contributed by atoms with Crippen LogP contribution in [0.15, 0.2) is 48.6 Å². The summed E-state index contributed by atoms with van der Waals surface area (Å²) in [7, 11) is 0. The van der Waals surface area contributed by atoms with Crippen LogP contribution in [0.2, 0.25) is 0 Å². The van der Waals surface area contributed by atoms with Gasteiger partial charge in [0.1, 0.15) is 18.5 Å². The second kappa shape index (κ2) is 13.7. The lowest BCUT2D eigenvalue weighted by atomic mass is 9.89. The Morgan fingerprint density at radius 1 is 1.20 bits per heavy atom. The van der Waals surface area contributed by atoms with Crippen molar-refractivity contribution in [1.29, 1.82) is 0 Å². The predicted octanol–water partition coefficient (Wildman–Crippen LogP) is 4.43. The number of carbonyl (C=O) groups excluding carboxylic acids is 1. The molecule has 3 N–H and O–H groups in total. The standard InChI is InChI=1S/C26H35F3O6/c1-17(2)35-25(33)11-6-4-3-5-10-21-22(24(32)15-23(21)31)13-12-19(30)16-34-20-9-7-8-18(14-20)26(27,28)29/h3,5,7-9,12-14,17,19,21-24,30-32H,4,6,10-11,15-16H2,1-2H3/b5-3+,13-12+/t19-,21+,22+,23+,24-/m0/s1. The number of aliphatic hydroxyl groups is 3. The highest BCUT2D eigenvalue weighted by Gasteiger charge is 2.39. The van der Waals surface area contributed by atoms with E-state index in [1.165, 1.54) is 18.2 Å². The number of aliphatic hydroxyl groups excluding tert-OH is 3. The minimum absolute atomic E-state index is 0.0101. The van der Waals surface area contributed by atoms with Crippen LogP contribution in [0.5, 0.6) is 5.75 Å². The summed E-state index contributed by atoms with van der Waals surface area (Å²) < 4.78 is 48.8. The molecule has 1 saturated carbocycles. The Morgan fingerprint density at radius 2 is 1.94 bits per heavy atom. The van der Waals surface area contributed by atoms with Crippen LogP contribution in [-0.2, 0) is 15.7 Å². The number of halogens is 3. The van der Waals surface area contributed by atoms with Gasteiger partial charge in [-0.1, -0.05) is 30.4 Å². The molecule has 0 aliphatic heterocycles. The summed E-state index contributed by atoms with van der Waals surface area (Å²) >= 11 is 0. The molecule has 35 heavy (non-hydrogen) atoms. The van der Waals surface area contributed by atoms with E-state index in [0.717, 1.165) is 12.1 Å². The lowest BCUT2D eigenvalue weighted by molar-refractivity contribution is -0.147. The molecule has 1 aromatic carbocycles. The van der Waals surface area contributed by atoms with Crippen LogP contribution < -0.4 is 4.74 Å². The molecule has 0 spiro atoms. The van der Waals surface area contributed by atoms with Crippen LogP contribution in [0.25, 0.3) is 0 Å². The van der Waals surface area contributed by atoms with Crippen molar-refractivity contribution in [1.82, 2.24) is 0 Å². The van der Waals surface area contributed by atoms with Crippen molar-refractivity contribution in [3.63, 3.8) is 0 Å². The maximum Gasteiger partial charge on any atom is 0.416 e. The number of rotatable bonds is 12. The zero-order valence-corrected chi connectivity index (χ0v) is 20.0. The molecular weight excluding hydrogens is 465 g/mol. The molecule has 0 unspecified atom stereocenters. The minimum Gasteiger partial charge on any atom is -0.491 e. The van der Waals surface area contributed by atoms with Gasteiger partial charge in [-0.05, 0) is 57.2 Å². The number of esters is 1. The molecule has 6 nitrogen and oxygen atoms in total. The van der Waals surface area contributed by atoms with E-state index < -0.39 is 30.1 Å². The monoisotopic (exact) mass is 500 g/mol. The number of benzene rings is 1. The zero-order valence-electron chi connectivity index (χ0n) is 20.0. The molecule has 1 aliphatic rings. The van der Waals surface area contributed by atoms with Gasteiger partial charge in [0.25, 0.3) is 0 Å². The SMILES string of the molecule is CC(C)OC(=O)CCC/C=C/C[C@@H]1[C@@H](/C=C/[C@H](O)COc2cccc(C(F)(F)F)c2)[C@@H](O)C[C@H]1O. The second-order valence-electron chi connectivity index (χ2n) is 9.04. The van der Waals surface area contributed by atoms with Crippen molar-refractivity contribution in [3.05, 3.63) is 54.1 Å². The Balaban J connectivity index is 1.82. The molecule has 0 aromatic heterocycles. The van der Waals surface area contributed by atoms with E-state index in [-0.39, 0.29) is 42.7 Å². The smallest absolute Gasteiger partial charge is 0.416 e. The topological polar surface area (TPSA) is 96.2 Å². The van der Waals surface area contributed by atoms with Crippen molar-refractivity contribution < 1.29 is 42.8 Å². The number of allylic oxidation sites excluding steroid dienone is 2. The first kappa shape index (κ1) is 28.9. The Bertz CT molecular complexity index is 852. The van der Waals surface area contributed by atoms with Gasteiger partial charge >= 0.3 is 12.1 Å². The molecule has 1 aliphatic carbocycles. The van der Waals surface area contributed by atoms with Gasteiger partial charge < -0.3 is 24.8 Å². The summed E-state index contributed by atoms with van der Waals surface area (Å²) in [5, 5.41) is 30.8. The molecule has 0 bridgehead atoms. The first-order chi connectivity index (χ1) is 16.5. The third-order valence-electron chi connectivity index (χ3n) is 5.75. The van der Waals surface area contributed by atoms with Gasteiger partial charge in [-0.25, -0.2) is 0 Å². The van der Waals surface area contributed by atoms with Gasteiger partial charge in [0.15, 0.2) is 0 Å². The van der Waals surface area contributed by atoms with Crippen molar-refractivity contribution >= 4 is 5.97 Å². The van der Waals surface area contributed by atoms with E-state index in [0.29, 0.717) is 25.7 Å². The number of carbonyl (C=O) groups is 1. The Labute approximate surface area is 204 Å². The molecule has 1 aromatic rings. The maximum atomic E-state index is 12.8. The average Bonchev–Trinajstić information content (AvgIpc) is 3.04. The Hall–Kier alpha value is -2.36. The van der Waals surface area contributed by atoms with Gasteiger partial charge in [0.05, 0.1) is 23.9 Å². The van der Waals surface area contributed by atoms with Crippen LogP contribution in [0.3, 0.4) is 0 Å². The molecule has 2 rings (SSSR count). The summed E-state index contributed by atoms with van der Waals surface area (Å²) in [6.45, 7) is 3.34. The van der Waals surface area contributed by atoms with Gasteiger partial charge in [-0.3, -0.25) is 4.79 Å². The van der Waals surface area contributed by atoms with E-state index in [9.17, 15) is 33.3 Å². The summed E-state index contributed by atoms with van der Waals surface area (Å²) in [4.78, 5) is 11.5. The maximum absolute atomic E-state index is 12.8. The van der Waals surface area contributed by atoms with E-state index in [2.05, 4.69) is 0 Å². The second-order valence-corrected chi connectivity index (χ2v) is 9.04. The lowest BCUT2D eigenvalue weighted by Crippen LogP contribution is -2.21. The largest absolute Gasteiger partial charge is 0.491 e. The van der Waals surface area contributed by atoms with Crippen LogP contribution in [0.1, 0.15) is 51.5 Å². The van der Waals surface area contributed by atoms with Crippen molar-refractivity contribution in [2.24, 2.45) is 11.8 Å². The first-order valence-electron chi connectivity index (χ1n) is 11.8. The van der Waals surface area contributed by atoms with E-state index in [1.807, 2.05) is 12.2 Å². The number of hydrogen-bond acceptors (Lipinski definition) is 6. The number of unbranched alkanes of at least 4 members (excludes halogenated alkanes) is 1. The minimum atomic E-state index is -4.49. The highest BCUT2D eigenvalue weighted by Crippen LogP contribution is 2.36. The highest BCUT2D eigenvalue weighted by atomic mass is 19.4. The molecule has 0 heterocycles. The Morgan fingerprint density at radius 3 is 2.63 bits per heavy atom. The van der Waals surface area contributed by atoms with Gasteiger partial charge in [-0.2, -0.15) is 13.2 Å². The molecular formula is C26H35F3O6. The number of alkyl halides is 3.